The fraction of sp³-hybridized carbons (Fsp3) is 0.0625. The van der Waals surface area contributed by atoms with E-state index in [1.165, 1.54) is 37.4 Å². The van der Waals surface area contributed by atoms with E-state index in [1.807, 2.05) is 0 Å². The lowest BCUT2D eigenvalue weighted by Crippen LogP contribution is -2.17. The van der Waals surface area contributed by atoms with Gasteiger partial charge >= 0.3 is 11.9 Å². The van der Waals surface area contributed by atoms with Crippen LogP contribution in [0.3, 0.4) is 0 Å². The SMILES string of the molecule is COC(=O)c1ccccc1C(=O)Nc1cccc(C(=O)O)c1. The van der Waals surface area contributed by atoms with Crippen LogP contribution in [-0.2, 0) is 4.74 Å². The Morgan fingerprint density at radius 1 is 1.00 bits per heavy atom. The zero-order chi connectivity index (χ0) is 16.1. The summed E-state index contributed by atoms with van der Waals surface area (Å²) in [5.41, 5.74) is 0.663. The molecule has 0 aliphatic rings. The molecule has 0 fully saturated rings. The summed E-state index contributed by atoms with van der Waals surface area (Å²) in [5.74, 6) is -2.24. The molecule has 0 unspecified atom stereocenters. The van der Waals surface area contributed by atoms with Gasteiger partial charge in [0.05, 0.1) is 23.8 Å². The lowest BCUT2D eigenvalue weighted by Gasteiger charge is -2.09. The topological polar surface area (TPSA) is 92.7 Å². The largest absolute Gasteiger partial charge is 0.478 e. The summed E-state index contributed by atoms with van der Waals surface area (Å²) in [4.78, 5) is 34.8. The predicted octanol–water partition coefficient (Wildman–Crippen LogP) is 2.42. The van der Waals surface area contributed by atoms with Gasteiger partial charge in [0.1, 0.15) is 0 Å². The second-order valence-corrected chi connectivity index (χ2v) is 4.38. The van der Waals surface area contributed by atoms with Crippen LogP contribution < -0.4 is 5.32 Å². The number of esters is 1. The average molecular weight is 299 g/mol. The highest BCUT2D eigenvalue weighted by molar-refractivity contribution is 6.11. The number of anilines is 1. The molecule has 112 valence electrons. The highest BCUT2D eigenvalue weighted by Gasteiger charge is 2.17. The van der Waals surface area contributed by atoms with E-state index >= 15 is 0 Å². The summed E-state index contributed by atoms with van der Waals surface area (Å²) in [6, 6.07) is 12.0. The fourth-order valence-electron chi connectivity index (χ4n) is 1.90. The number of amides is 1. The smallest absolute Gasteiger partial charge is 0.338 e. The molecule has 0 saturated carbocycles. The van der Waals surface area contributed by atoms with E-state index in [4.69, 9.17) is 5.11 Å². The number of hydrogen-bond acceptors (Lipinski definition) is 4. The van der Waals surface area contributed by atoms with Crippen LogP contribution >= 0.6 is 0 Å². The summed E-state index contributed by atoms with van der Waals surface area (Å²) in [5, 5.41) is 11.5. The maximum absolute atomic E-state index is 12.3. The van der Waals surface area contributed by atoms with Crippen LogP contribution in [0.2, 0.25) is 0 Å². The number of rotatable bonds is 4. The number of carbonyl (C=O) groups is 3. The molecule has 1 amide bonds. The van der Waals surface area contributed by atoms with Crippen LogP contribution in [0, 0.1) is 0 Å². The van der Waals surface area contributed by atoms with Gasteiger partial charge in [0.15, 0.2) is 0 Å². The Morgan fingerprint density at radius 2 is 1.68 bits per heavy atom. The molecule has 0 radical (unpaired) electrons. The number of carboxylic acids is 1. The van der Waals surface area contributed by atoms with E-state index in [0.717, 1.165) is 0 Å². The van der Waals surface area contributed by atoms with Gasteiger partial charge in [-0.25, -0.2) is 9.59 Å². The van der Waals surface area contributed by atoms with Gasteiger partial charge in [-0.2, -0.15) is 0 Å². The zero-order valence-corrected chi connectivity index (χ0v) is 11.7. The number of nitrogens with one attached hydrogen (secondary N) is 1. The molecule has 0 aliphatic heterocycles. The lowest BCUT2D eigenvalue weighted by atomic mass is 10.1. The van der Waals surface area contributed by atoms with Crippen molar-refractivity contribution in [2.75, 3.05) is 12.4 Å². The molecular formula is C16H13NO5. The van der Waals surface area contributed by atoms with Gasteiger partial charge in [0.25, 0.3) is 5.91 Å². The van der Waals surface area contributed by atoms with Crippen LogP contribution in [0.25, 0.3) is 0 Å². The van der Waals surface area contributed by atoms with Gasteiger partial charge in [0, 0.05) is 5.69 Å². The molecule has 0 aromatic heterocycles. The van der Waals surface area contributed by atoms with Crippen molar-refractivity contribution >= 4 is 23.5 Å². The number of carboxylic acid groups (broad SMARTS) is 1. The average Bonchev–Trinajstić information content (AvgIpc) is 2.54. The monoisotopic (exact) mass is 299 g/mol. The minimum Gasteiger partial charge on any atom is -0.478 e. The second-order valence-electron chi connectivity index (χ2n) is 4.38. The van der Waals surface area contributed by atoms with Crippen molar-refractivity contribution in [2.24, 2.45) is 0 Å². The van der Waals surface area contributed by atoms with E-state index in [9.17, 15) is 14.4 Å². The molecule has 0 saturated heterocycles. The molecule has 0 bridgehead atoms. The molecule has 22 heavy (non-hydrogen) atoms. The quantitative estimate of drug-likeness (QED) is 0.846. The minimum atomic E-state index is -1.09. The molecule has 0 atom stereocenters. The van der Waals surface area contributed by atoms with E-state index < -0.39 is 17.8 Å². The van der Waals surface area contributed by atoms with E-state index in [-0.39, 0.29) is 16.7 Å². The summed E-state index contributed by atoms with van der Waals surface area (Å²) in [6.45, 7) is 0. The zero-order valence-electron chi connectivity index (χ0n) is 11.7. The first kappa shape index (κ1) is 15.2. The summed E-state index contributed by atoms with van der Waals surface area (Å²) < 4.78 is 4.63. The van der Waals surface area contributed by atoms with Crippen molar-refractivity contribution in [1.82, 2.24) is 0 Å². The second kappa shape index (κ2) is 6.53. The molecular weight excluding hydrogens is 286 g/mol. The van der Waals surface area contributed by atoms with Crippen molar-refractivity contribution in [3.63, 3.8) is 0 Å². The van der Waals surface area contributed by atoms with Crippen LogP contribution in [0.4, 0.5) is 5.69 Å². The van der Waals surface area contributed by atoms with Gasteiger partial charge in [-0.05, 0) is 30.3 Å². The van der Waals surface area contributed by atoms with Crippen LogP contribution in [0.1, 0.15) is 31.1 Å². The molecule has 2 aromatic carbocycles. The van der Waals surface area contributed by atoms with Crippen molar-refractivity contribution in [3.05, 3.63) is 65.2 Å². The molecule has 2 aromatic rings. The van der Waals surface area contributed by atoms with E-state index in [1.54, 1.807) is 18.2 Å². The van der Waals surface area contributed by atoms with Gasteiger partial charge < -0.3 is 15.2 Å². The highest BCUT2D eigenvalue weighted by Crippen LogP contribution is 2.15. The van der Waals surface area contributed by atoms with Crippen LogP contribution in [0.5, 0.6) is 0 Å². The normalized spacial score (nSPS) is 9.86. The predicted molar refractivity (Wildman–Crippen MR) is 79.1 cm³/mol. The van der Waals surface area contributed by atoms with Crippen molar-refractivity contribution in [3.8, 4) is 0 Å². The first-order valence-electron chi connectivity index (χ1n) is 6.35. The Labute approximate surface area is 126 Å². The minimum absolute atomic E-state index is 0.0547. The number of benzene rings is 2. The lowest BCUT2D eigenvalue weighted by molar-refractivity contribution is 0.0596. The van der Waals surface area contributed by atoms with Gasteiger partial charge in [0.2, 0.25) is 0 Å². The summed E-state index contributed by atoms with van der Waals surface area (Å²) >= 11 is 0. The van der Waals surface area contributed by atoms with Crippen LogP contribution in [0.15, 0.2) is 48.5 Å². The standard InChI is InChI=1S/C16H13NO5/c1-22-16(21)13-8-3-2-7-12(13)14(18)17-11-6-4-5-10(9-11)15(19)20/h2-9H,1H3,(H,17,18)(H,19,20). The Balaban J connectivity index is 2.28. The third kappa shape index (κ3) is 3.29. The molecule has 0 spiro atoms. The molecule has 2 rings (SSSR count). The number of methoxy groups -OCH3 is 1. The first-order chi connectivity index (χ1) is 10.5. The van der Waals surface area contributed by atoms with Gasteiger partial charge in [-0.3, -0.25) is 4.79 Å². The summed E-state index contributed by atoms with van der Waals surface area (Å²) in [7, 11) is 1.23. The first-order valence-corrected chi connectivity index (χ1v) is 6.35. The Morgan fingerprint density at radius 3 is 2.32 bits per heavy atom. The fourth-order valence-corrected chi connectivity index (χ4v) is 1.90. The number of ether oxygens (including phenoxy) is 1. The third-order valence-electron chi connectivity index (χ3n) is 2.94. The Kier molecular flexibility index (Phi) is 4.53. The molecule has 6 nitrogen and oxygen atoms in total. The van der Waals surface area contributed by atoms with Crippen molar-refractivity contribution in [1.29, 1.82) is 0 Å². The van der Waals surface area contributed by atoms with Gasteiger partial charge in [-0.1, -0.05) is 18.2 Å². The van der Waals surface area contributed by atoms with Crippen molar-refractivity contribution in [2.45, 2.75) is 0 Å². The Hall–Kier alpha value is -3.15. The van der Waals surface area contributed by atoms with E-state index in [2.05, 4.69) is 10.1 Å². The molecule has 6 heteroatoms. The maximum atomic E-state index is 12.3. The highest BCUT2D eigenvalue weighted by atomic mass is 16.5. The van der Waals surface area contributed by atoms with Gasteiger partial charge in [-0.15, -0.1) is 0 Å². The number of aromatic carboxylic acids is 1. The summed E-state index contributed by atoms with van der Waals surface area (Å²) in [6.07, 6.45) is 0. The van der Waals surface area contributed by atoms with E-state index in [0.29, 0.717) is 5.69 Å². The number of hydrogen-bond donors (Lipinski definition) is 2. The van der Waals surface area contributed by atoms with Crippen LogP contribution in [-0.4, -0.2) is 30.1 Å². The maximum Gasteiger partial charge on any atom is 0.338 e. The Bertz CT molecular complexity index is 739. The molecule has 0 heterocycles. The number of carbonyl (C=O) groups excluding carboxylic acids is 2. The van der Waals surface area contributed by atoms with Crippen molar-refractivity contribution < 1.29 is 24.2 Å². The molecule has 0 aliphatic carbocycles. The third-order valence-corrected chi connectivity index (χ3v) is 2.94. The molecule has 2 N–H and O–H groups in total.